The first-order chi connectivity index (χ1) is 15.2. The van der Waals surface area contributed by atoms with Crippen LogP contribution in [-0.2, 0) is 4.79 Å². The molecule has 0 aliphatic rings. The van der Waals surface area contributed by atoms with Crippen LogP contribution < -0.4 is 16.0 Å². The lowest BCUT2D eigenvalue weighted by molar-refractivity contribution is -0.140. The van der Waals surface area contributed by atoms with Crippen LogP contribution >= 0.6 is 0 Å². The van der Waals surface area contributed by atoms with E-state index in [0.29, 0.717) is 16.9 Å². The highest BCUT2D eigenvalue weighted by Crippen LogP contribution is 2.19. The summed E-state index contributed by atoms with van der Waals surface area (Å²) in [6, 6.07) is 10.1. The minimum Gasteiger partial charge on any atom is -0.480 e. The molecule has 1 atom stereocenters. The van der Waals surface area contributed by atoms with Gasteiger partial charge in [-0.15, -0.1) is 0 Å². The fourth-order valence-corrected chi connectivity index (χ4v) is 2.68. The second-order valence-electron chi connectivity index (χ2n) is 7.12. The molecule has 0 radical (unpaired) electrons. The van der Waals surface area contributed by atoms with E-state index < -0.39 is 29.8 Å². The van der Waals surface area contributed by atoms with E-state index in [9.17, 15) is 23.9 Å². The molecule has 4 N–H and O–H groups in total. The number of carbonyl (C=O) groups excluding carboxylic acids is 2. The molecule has 0 saturated carbocycles. The van der Waals surface area contributed by atoms with Crippen molar-refractivity contribution in [2.75, 3.05) is 10.6 Å². The van der Waals surface area contributed by atoms with Crippen molar-refractivity contribution in [3.05, 3.63) is 60.2 Å². The zero-order chi connectivity index (χ0) is 23.3. The Bertz CT molecular complexity index is 1110. The normalized spacial score (nSPS) is 11.6. The molecule has 0 fully saturated rings. The van der Waals surface area contributed by atoms with Crippen molar-refractivity contribution in [3.8, 4) is 11.4 Å². The molecule has 0 aliphatic heterocycles. The van der Waals surface area contributed by atoms with E-state index in [1.165, 1.54) is 24.3 Å². The predicted molar refractivity (Wildman–Crippen MR) is 113 cm³/mol. The Hall–Kier alpha value is -4.28. The lowest BCUT2D eigenvalue weighted by atomic mass is 10.1. The molecule has 0 bridgehead atoms. The highest BCUT2D eigenvalue weighted by Gasteiger charge is 2.26. The number of carboxylic acid groups (broad SMARTS) is 1. The summed E-state index contributed by atoms with van der Waals surface area (Å²) in [6.07, 6.45) is 0. The maximum absolute atomic E-state index is 12.9. The topological polar surface area (TPSA) is 146 Å². The monoisotopic (exact) mass is 441 g/mol. The number of halogens is 1. The molecule has 0 unspecified atom stereocenters. The molecule has 10 nitrogen and oxygen atoms in total. The summed E-state index contributed by atoms with van der Waals surface area (Å²) in [4.78, 5) is 39.5. The summed E-state index contributed by atoms with van der Waals surface area (Å²) >= 11 is 0. The number of carboxylic acids is 1. The zero-order valence-corrected chi connectivity index (χ0v) is 17.1. The SMILES string of the molecule is CC(C)[C@H](NC(=O)c1nc(-c2ccc(NC(=O)Nc3ccc(F)cc3)cc2)no1)C(=O)O. The number of amides is 3. The van der Waals surface area contributed by atoms with Crippen molar-refractivity contribution in [3.63, 3.8) is 0 Å². The third-order valence-corrected chi connectivity index (χ3v) is 4.34. The highest BCUT2D eigenvalue weighted by molar-refractivity contribution is 5.99. The first-order valence-electron chi connectivity index (χ1n) is 9.54. The van der Waals surface area contributed by atoms with Gasteiger partial charge in [-0.25, -0.2) is 14.0 Å². The number of rotatable bonds is 7. The summed E-state index contributed by atoms with van der Waals surface area (Å²) in [5.74, 6) is -2.95. The van der Waals surface area contributed by atoms with Crippen molar-refractivity contribution >= 4 is 29.3 Å². The van der Waals surface area contributed by atoms with E-state index in [1.54, 1.807) is 38.1 Å². The Kier molecular flexibility index (Phi) is 6.78. The number of anilines is 2. The summed E-state index contributed by atoms with van der Waals surface area (Å²) in [7, 11) is 0. The highest BCUT2D eigenvalue weighted by atomic mass is 19.1. The van der Waals surface area contributed by atoms with Crippen molar-refractivity contribution in [1.82, 2.24) is 15.5 Å². The Morgan fingerprint density at radius 2 is 1.53 bits per heavy atom. The third-order valence-electron chi connectivity index (χ3n) is 4.34. The molecule has 166 valence electrons. The number of nitrogens with one attached hydrogen (secondary N) is 3. The maximum Gasteiger partial charge on any atom is 0.326 e. The minimum absolute atomic E-state index is 0.119. The zero-order valence-electron chi connectivity index (χ0n) is 17.1. The van der Waals surface area contributed by atoms with Crippen LogP contribution in [0.15, 0.2) is 53.1 Å². The smallest absolute Gasteiger partial charge is 0.326 e. The molecular weight excluding hydrogens is 421 g/mol. The van der Waals surface area contributed by atoms with Gasteiger partial charge < -0.3 is 25.6 Å². The van der Waals surface area contributed by atoms with E-state index in [4.69, 9.17) is 4.52 Å². The molecule has 0 aliphatic carbocycles. The van der Waals surface area contributed by atoms with E-state index in [-0.39, 0.29) is 17.6 Å². The number of aliphatic carboxylic acids is 1. The maximum atomic E-state index is 12.9. The van der Waals surface area contributed by atoms with Crippen molar-refractivity contribution < 1.29 is 28.4 Å². The van der Waals surface area contributed by atoms with Gasteiger partial charge in [0.2, 0.25) is 5.82 Å². The first-order valence-corrected chi connectivity index (χ1v) is 9.54. The first kappa shape index (κ1) is 22.4. The summed E-state index contributed by atoms with van der Waals surface area (Å²) in [6.45, 7) is 3.32. The largest absolute Gasteiger partial charge is 0.480 e. The quantitative estimate of drug-likeness (QED) is 0.440. The molecule has 3 rings (SSSR count). The number of nitrogens with zero attached hydrogens (tertiary/aromatic N) is 2. The van der Waals surface area contributed by atoms with E-state index >= 15 is 0 Å². The van der Waals surface area contributed by atoms with Crippen LogP contribution in [0.5, 0.6) is 0 Å². The van der Waals surface area contributed by atoms with Crippen LogP contribution in [0.3, 0.4) is 0 Å². The second-order valence-corrected chi connectivity index (χ2v) is 7.12. The van der Waals surface area contributed by atoms with E-state index in [2.05, 4.69) is 26.1 Å². The minimum atomic E-state index is -1.17. The van der Waals surface area contributed by atoms with Crippen LogP contribution in [0, 0.1) is 11.7 Å². The number of hydrogen-bond acceptors (Lipinski definition) is 6. The average Bonchev–Trinajstić information content (AvgIpc) is 3.24. The van der Waals surface area contributed by atoms with Gasteiger partial charge in [0.25, 0.3) is 0 Å². The van der Waals surface area contributed by atoms with Crippen molar-refractivity contribution in [1.29, 1.82) is 0 Å². The van der Waals surface area contributed by atoms with Gasteiger partial charge in [-0.2, -0.15) is 4.98 Å². The van der Waals surface area contributed by atoms with E-state index in [1.807, 2.05) is 0 Å². The fraction of sp³-hybridized carbons (Fsp3) is 0.190. The van der Waals surface area contributed by atoms with Gasteiger partial charge in [0.05, 0.1) is 0 Å². The Labute approximate surface area is 181 Å². The van der Waals surface area contributed by atoms with Crippen LogP contribution in [0.4, 0.5) is 20.6 Å². The lowest BCUT2D eigenvalue weighted by Gasteiger charge is -2.16. The Morgan fingerprint density at radius 1 is 0.969 bits per heavy atom. The predicted octanol–water partition coefficient (Wildman–Crippen LogP) is 3.36. The van der Waals surface area contributed by atoms with Crippen LogP contribution in [0.1, 0.15) is 24.5 Å². The molecule has 32 heavy (non-hydrogen) atoms. The van der Waals surface area contributed by atoms with E-state index in [0.717, 1.165) is 0 Å². The standard InChI is InChI=1S/C21H20FN5O5/c1-11(2)16(20(29)30)25-18(28)19-26-17(27-32-19)12-3-7-14(8-4-12)23-21(31)24-15-9-5-13(22)6-10-15/h3-11,16H,1-2H3,(H,25,28)(H,29,30)(H2,23,24,31)/t16-/m0/s1. The fourth-order valence-electron chi connectivity index (χ4n) is 2.68. The van der Waals surface area contributed by atoms with Gasteiger partial charge in [-0.3, -0.25) is 4.79 Å². The van der Waals surface area contributed by atoms with Gasteiger partial charge >= 0.3 is 23.8 Å². The van der Waals surface area contributed by atoms with Gasteiger partial charge in [-0.05, 0) is 54.4 Å². The summed E-state index contributed by atoms with van der Waals surface area (Å²) < 4.78 is 17.9. The lowest BCUT2D eigenvalue weighted by Crippen LogP contribution is -2.44. The molecule has 2 aromatic carbocycles. The number of hydrogen-bond donors (Lipinski definition) is 4. The van der Waals surface area contributed by atoms with Gasteiger partial charge in [-0.1, -0.05) is 19.0 Å². The molecule has 3 aromatic rings. The Morgan fingerprint density at radius 3 is 2.06 bits per heavy atom. The average molecular weight is 441 g/mol. The van der Waals surface area contributed by atoms with Crippen LogP contribution in [0.2, 0.25) is 0 Å². The molecule has 3 amide bonds. The molecule has 0 saturated heterocycles. The van der Waals surface area contributed by atoms with Gasteiger partial charge in [0, 0.05) is 16.9 Å². The van der Waals surface area contributed by atoms with Gasteiger partial charge in [0.1, 0.15) is 11.9 Å². The van der Waals surface area contributed by atoms with Gasteiger partial charge in [0.15, 0.2) is 0 Å². The molecule has 1 heterocycles. The number of benzene rings is 2. The summed E-state index contributed by atoms with van der Waals surface area (Å²) in [5.41, 5.74) is 1.41. The molecular formula is C21H20FN5O5. The molecule has 1 aromatic heterocycles. The number of carbonyl (C=O) groups is 3. The third kappa shape index (κ3) is 5.65. The Balaban J connectivity index is 1.62. The van der Waals surface area contributed by atoms with Crippen molar-refractivity contribution in [2.45, 2.75) is 19.9 Å². The van der Waals surface area contributed by atoms with Crippen molar-refractivity contribution in [2.24, 2.45) is 5.92 Å². The number of aromatic nitrogens is 2. The summed E-state index contributed by atoms with van der Waals surface area (Å²) in [5, 5.41) is 20.4. The van der Waals surface area contributed by atoms with Crippen LogP contribution in [-0.4, -0.2) is 39.2 Å². The van der Waals surface area contributed by atoms with Crippen LogP contribution in [0.25, 0.3) is 11.4 Å². The molecule has 0 spiro atoms. The second kappa shape index (κ2) is 9.69. The number of urea groups is 1. The molecule has 11 heteroatoms.